The van der Waals surface area contributed by atoms with E-state index in [1.165, 1.54) is 12.4 Å². The highest BCUT2D eigenvalue weighted by Gasteiger charge is 2.06. The minimum Gasteiger partial charge on any atom is -0.273 e. The first-order valence-electron chi connectivity index (χ1n) is 7.90. The Kier molecular flexibility index (Phi) is 8.73. The van der Waals surface area contributed by atoms with Crippen LogP contribution < -0.4 is 10.9 Å². The molecule has 0 radical (unpaired) electrons. The first-order chi connectivity index (χ1) is 13.4. The summed E-state index contributed by atoms with van der Waals surface area (Å²) in [7, 11) is 0. The Hall–Kier alpha value is -2.12. The third kappa shape index (κ3) is 6.80. The number of benzene rings is 2. The van der Waals surface area contributed by atoms with Crippen molar-refractivity contribution in [3.8, 4) is 0 Å². The van der Waals surface area contributed by atoms with E-state index in [4.69, 9.17) is 46.4 Å². The van der Waals surface area contributed by atoms with Crippen LogP contribution in [-0.2, 0) is 9.59 Å². The molecule has 2 aromatic rings. The molecular formula is C18H14Cl4N4O2. The van der Waals surface area contributed by atoms with E-state index in [0.717, 1.165) is 0 Å². The summed E-state index contributed by atoms with van der Waals surface area (Å²) in [4.78, 5) is 23.5. The van der Waals surface area contributed by atoms with E-state index in [1.54, 1.807) is 36.4 Å². The van der Waals surface area contributed by atoms with E-state index < -0.39 is 11.8 Å². The molecule has 0 spiro atoms. The Bertz CT molecular complexity index is 856. The number of hydrogen-bond acceptors (Lipinski definition) is 4. The number of amides is 2. The molecule has 0 saturated heterocycles. The third-order valence-corrected chi connectivity index (χ3v) is 4.99. The SMILES string of the molecule is O=C(CCC(=O)N/N=C/c1cccc(Cl)c1Cl)N/N=C\c1cccc(Cl)c1Cl. The number of halogens is 4. The van der Waals surface area contributed by atoms with E-state index in [-0.39, 0.29) is 12.8 Å². The second-order valence-electron chi connectivity index (χ2n) is 5.37. The smallest absolute Gasteiger partial charge is 0.240 e. The van der Waals surface area contributed by atoms with Crippen LogP contribution in [0.3, 0.4) is 0 Å². The molecule has 0 aromatic heterocycles. The average molecular weight is 460 g/mol. The molecule has 0 atom stereocenters. The maximum absolute atomic E-state index is 11.7. The normalized spacial score (nSPS) is 11.1. The van der Waals surface area contributed by atoms with E-state index in [0.29, 0.717) is 31.2 Å². The maximum atomic E-state index is 11.7. The second kappa shape index (κ2) is 11.0. The maximum Gasteiger partial charge on any atom is 0.240 e. The zero-order chi connectivity index (χ0) is 20.5. The van der Waals surface area contributed by atoms with Crippen molar-refractivity contribution in [1.82, 2.24) is 10.9 Å². The van der Waals surface area contributed by atoms with E-state index in [9.17, 15) is 9.59 Å². The van der Waals surface area contributed by atoms with E-state index in [1.807, 2.05) is 0 Å². The molecule has 2 amide bonds. The Balaban J connectivity index is 1.75. The van der Waals surface area contributed by atoms with Gasteiger partial charge >= 0.3 is 0 Å². The zero-order valence-electron chi connectivity index (χ0n) is 14.3. The predicted molar refractivity (Wildman–Crippen MR) is 114 cm³/mol. The van der Waals surface area contributed by atoms with Crippen molar-refractivity contribution in [1.29, 1.82) is 0 Å². The van der Waals surface area contributed by atoms with Crippen LogP contribution in [0.4, 0.5) is 0 Å². The fourth-order valence-corrected chi connectivity index (χ4v) is 2.64. The van der Waals surface area contributed by atoms with Gasteiger partial charge in [-0.25, -0.2) is 10.9 Å². The highest BCUT2D eigenvalue weighted by Crippen LogP contribution is 2.24. The number of rotatable bonds is 7. The van der Waals surface area contributed by atoms with Gasteiger partial charge in [-0.05, 0) is 12.1 Å². The van der Waals surface area contributed by atoms with Gasteiger partial charge < -0.3 is 0 Å². The van der Waals surface area contributed by atoms with Crippen molar-refractivity contribution in [2.75, 3.05) is 0 Å². The Morgan fingerprint density at radius 1 is 0.750 bits per heavy atom. The fraction of sp³-hybridized carbons (Fsp3) is 0.111. The lowest BCUT2D eigenvalue weighted by Crippen LogP contribution is -2.22. The minimum atomic E-state index is -0.439. The summed E-state index contributed by atoms with van der Waals surface area (Å²) in [6.07, 6.45) is 2.59. The number of nitrogens with one attached hydrogen (secondary N) is 2. The van der Waals surface area contributed by atoms with Crippen molar-refractivity contribution in [3.63, 3.8) is 0 Å². The molecule has 0 heterocycles. The van der Waals surface area contributed by atoms with Crippen LogP contribution in [0.25, 0.3) is 0 Å². The van der Waals surface area contributed by atoms with Crippen LogP contribution in [0.2, 0.25) is 20.1 Å². The Morgan fingerprint density at radius 3 is 1.54 bits per heavy atom. The lowest BCUT2D eigenvalue weighted by molar-refractivity contribution is -0.126. The summed E-state index contributed by atoms with van der Waals surface area (Å²) in [6.45, 7) is 0. The number of hydrogen-bond donors (Lipinski definition) is 2. The molecule has 2 rings (SSSR count). The van der Waals surface area contributed by atoms with Crippen LogP contribution >= 0.6 is 46.4 Å². The molecule has 6 nitrogen and oxygen atoms in total. The van der Waals surface area contributed by atoms with Gasteiger partial charge in [0.2, 0.25) is 11.8 Å². The van der Waals surface area contributed by atoms with Crippen LogP contribution in [0.15, 0.2) is 46.6 Å². The summed E-state index contributed by atoms with van der Waals surface area (Å²) in [5.74, 6) is -0.877. The van der Waals surface area contributed by atoms with Gasteiger partial charge in [0.25, 0.3) is 0 Å². The summed E-state index contributed by atoms with van der Waals surface area (Å²) in [5, 5.41) is 9.00. The Labute approximate surface area is 181 Å². The summed E-state index contributed by atoms with van der Waals surface area (Å²) in [5.41, 5.74) is 5.73. The largest absolute Gasteiger partial charge is 0.273 e. The lowest BCUT2D eigenvalue weighted by atomic mass is 10.2. The number of carbonyl (C=O) groups excluding carboxylic acids is 2. The van der Waals surface area contributed by atoms with Crippen LogP contribution in [0, 0.1) is 0 Å². The molecule has 10 heteroatoms. The zero-order valence-corrected chi connectivity index (χ0v) is 17.3. The third-order valence-electron chi connectivity index (χ3n) is 3.33. The molecule has 0 aliphatic rings. The topological polar surface area (TPSA) is 82.9 Å². The molecule has 2 N–H and O–H groups in total. The molecule has 0 unspecified atom stereocenters. The number of carbonyl (C=O) groups is 2. The molecule has 0 saturated carbocycles. The van der Waals surface area contributed by atoms with Gasteiger partial charge in [0.15, 0.2) is 0 Å². The molecule has 0 bridgehead atoms. The van der Waals surface area contributed by atoms with Gasteiger partial charge in [-0.1, -0.05) is 70.7 Å². The highest BCUT2D eigenvalue weighted by atomic mass is 35.5. The Morgan fingerprint density at radius 2 is 1.14 bits per heavy atom. The van der Waals surface area contributed by atoms with Crippen LogP contribution in [-0.4, -0.2) is 24.2 Å². The fourth-order valence-electron chi connectivity index (χ4n) is 1.93. The first-order valence-corrected chi connectivity index (χ1v) is 9.41. The summed E-state index contributed by atoms with van der Waals surface area (Å²) in [6, 6.07) is 10.1. The van der Waals surface area contributed by atoms with Gasteiger partial charge in [0.05, 0.1) is 32.5 Å². The summed E-state index contributed by atoms with van der Waals surface area (Å²) >= 11 is 23.8. The molecule has 28 heavy (non-hydrogen) atoms. The van der Waals surface area contributed by atoms with Crippen molar-refractivity contribution >= 4 is 70.6 Å². The quantitative estimate of drug-likeness (QED) is 0.465. The molecule has 0 aliphatic heterocycles. The van der Waals surface area contributed by atoms with Gasteiger partial charge in [-0.3, -0.25) is 9.59 Å². The second-order valence-corrected chi connectivity index (χ2v) is 6.94. The van der Waals surface area contributed by atoms with Gasteiger partial charge in [-0.15, -0.1) is 0 Å². The van der Waals surface area contributed by atoms with E-state index >= 15 is 0 Å². The summed E-state index contributed by atoms with van der Waals surface area (Å²) < 4.78 is 0. The van der Waals surface area contributed by atoms with E-state index in [2.05, 4.69) is 21.1 Å². The number of nitrogens with zero attached hydrogens (tertiary/aromatic N) is 2. The van der Waals surface area contributed by atoms with Gasteiger partial charge in [0, 0.05) is 24.0 Å². The average Bonchev–Trinajstić information content (AvgIpc) is 2.67. The lowest BCUT2D eigenvalue weighted by Gasteiger charge is -2.02. The highest BCUT2D eigenvalue weighted by molar-refractivity contribution is 6.44. The molecule has 0 aliphatic carbocycles. The van der Waals surface area contributed by atoms with Gasteiger partial charge in [0.1, 0.15) is 0 Å². The van der Waals surface area contributed by atoms with Crippen molar-refractivity contribution < 1.29 is 9.59 Å². The number of hydrazone groups is 2. The van der Waals surface area contributed by atoms with Crippen LogP contribution in [0.1, 0.15) is 24.0 Å². The first kappa shape index (κ1) is 22.2. The predicted octanol–water partition coefficient (Wildman–Crippen LogP) is 4.68. The van der Waals surface area contributed by atoms with Crippen molar-refractivity contribution in [2.24, 2.45) is 10.2 Å². The molecular weight excluding hydrogens is 446 g/mol. The molecule has 146 valence electrons. The monoisotopic (exact) mass is 458 g/mol. The standard InChI is InChI=1S/C18H14Cl4N4O2/c19-13-5-1-3-11(17(13)21)9-23-25-15(27)7-8-16(28)26-24-10-12-4-2-6-14(20)18(12)22/h1-6,9-10H,7-8H2,(H,25,27)(H,26,28)/b23-9-,24-10+. The van der Waals surface area contributed by atoms with Crippen molar-refractivity contribution in [3.05, 3.63) is 67.6 Å². The van der Waals surface area contributed by atoms with Crippen LogP contribution in [0.5, 0.6) is 0 Å². The van der Waals surface area contributed by atoms with Crippen molar-refractivity contribution in [2.45, 2.75) is 12.8 Å². The minimum absolute atomic E-state index is 0.0696. The van der Waals surface area contributed by atoms with Gasteiger partial charge in [-0.2, -0.15) is 10.2 Å². The molecule has 0 fully saturated rings. The molecule has 2 aromatic carbocycles.